The Morgan fingerprint density at radius 1 is 1.17 bits per heavy atom. The molecule has 72 valence electrons. The number of rotatable bonds is 6. The van der Waals surface area contributed by atoms with Crippen LogP contribution in [0, 0.1) is 5.92 Å². The van der Waals surface area contributed by atoms with Crippen LogP contribution < -0.4 is 0 Å². The Morgan fingerprint density at radius 3 is 2.00 bits per heavy atom. The number of hydrogen-bond acceptors (Lipinski definition) is 2. The molecule has 0 aliphatic rings. The quantitative estimate of drug-likeness (QED) is 0.594. The summed E-state index contributed by atoms with van der Waals surface area (Å²) in [7, 11) is -1.47. The minimum Gasteiger partial charge on any atom is -0.394 e. The van der Waals surface area contributed by atoms with Gasteiger partial charge in [-0.15, -0.1) is 0 Å². The van der Waals surface area contributed by atoms with Crippen molar-refractivity contribution in [1.82, 2.24) is 0 Å². The normalized spacial score (nSPS) is 12.2. The smallest absolute Gasteiger partial charge is 0.348 e. The molecule has 0 rings (SSSR count). The first-order valence-electron chi connectivity index (χ1n) is 4.62. The summed E-state index contributed by atoms with van der Waals surface area (Å²) in [5, 5.41) is 0. The van der Waals surface area contributed by atoms with E-state index in [0.29, 0.717) is 5.92 Å². The maximum atomic E-state index is 5.46. The maximum Gasteiger partial charge on any atom is 0.348 e. The molecular formula is C9H20O2Si. The van der Waals surface area contributed by atoms with E-state index in [2.05, 4.69) is 25.6 Å². The van der Waals surface area contributed by atoms with Crippen molar-refractivity contribution in [2.45, 2.75) is 27.7 Å². The van der Waals surface area contributed by atoms with Gasteiger partial charge in [0.25, 0.3) is 0 Å². The molecule has 0 fully saturated rings. The van der Waals surface area contributed by atoms with Gasteiger partial charge in [0.15, 0.2) is 0 Å². The van der Waals surface area contributed by atoms with Crippen LogP contribution in [-0.4, -0.2) is 22.5 Å². The molecule has 0 radical (unpaired) electrons. The van der Waals surface area contributed by atoms with Crippen LogP contribution in [0.5, 0.6) is 0 Å². The third-order valence-corrected chi connectivity index (χ3v) is 3.18. The van der Waals surface area contributed by atoms with E-state index in [9.17, 15) is 0 Å². The zero-order valence-electron chi connectivity index (χ0n) is 8.54. The summed E-state index contributed by atoms with van der Waals surface area (Å²) >= 11 is 0. The molecule has 0 atom stereocenters. The van der Waals surface area contributed by atoms with Crippen molar-refractivity contribution in [3.05, 3.63) is 11.8 Å². The van der Waals surface area contributed by atoms with Gasteiger partial charge in [-0.05, 0) is 25.5 Å². The minimum absolute atomic E-state index is 0.584. The Labute approximate surface area is 77.4 Å². The molecule has 0 heterocycles. The molecule has 3 heteroatoms. The zero-order valence-corrected chi connectivity index (χ0v) is 9.69. The van der Waals surface area contributed by atoms with Gasteiger partial charge >= 0.3 is 9.28 Å². The molecule has 0 amide bonds. The summed E-state index contributed by atoms with van der Waals surface area (Å²) in [6.07, 6.45) is 2.15. The van der Waals surface area contributed by atoms with Crippen LogP contribution in [0.15, 0.2) is 11.8 Å². The van der Waals surface area contributed by atoms with Gasteiger partial charge in [-0.2, -0.15) is 0 Å². The van der Waals surface area contributed by atoms with Crippen LogP contribution in [0.2, 0.25) is 0 Å². The van der Waals surface area contributed by atoms with Gasteiger partial charge in [0.2, 0.25) is 0 Å². The van der Waals surface area contributed by atoms with Crippen molar-refractivity contribution in [1.29, 1.82) is 0 Å². The minimum atomic E-state index is -1.47. The van der Waals surface area contributed by atoms with E-state index in [0.717, 1.165) is 13.2 Å². The van der Waals surface area contributed by atoms with Crippen LogP contribution in [0.3, 0.4) is 0 Å². The summed E-state index contributed by atoms with van der Waals surface area (Å²) < 4.78 is 10.9. The summed E-state index contributed by atoms with van der Waals surface area (Å²) in [6.45, 7) is 9.81. The molecule has 0 aromatic carbocycles. The molecule has 0 unspecified atom stereocenters. The Kier molecular flexibility index (Phi) is 7.44. The summed E-state index contributed by atoms with van der Waals surface area (Å²) in [4.78, 5) is 0. The largest absolute Gasteiger partial charge is 0.394 e. The fourth-order valence-corrected chi connectivity index (χ4v) is 2.40. The lowest BCUT2D eigenvalue weighted by Gasteiger charge is -2.10. The van der Waals surface area contributed by atoms with Crippen LogP contribution in [-0.2, 0) is 8.85 Å². The highest BCUT2D eigenvalue weighted by atomic mass is 28.3. The highest BCUT2D eigenvalue weighted by Gasteiger charge is 2.06. The molecule has 0 aliphatic carbocycles. The van der Waals surface area contributed by atoms with Crippen molar-refractivity contribution in [2.75, 3.05) is 13.2 Å². The second-order valence-corrected chi connectivity index (χ2v) is 4.70. The van der Waals surface area contributed by atoms with Gasteiger partial charge in [-0.1, -0.05) is 19.9 Å². The summed E-state index contributed by atoms with van der Waals surface area (Å²) in [5.74, 6) is 0.584. The van der Waals surface area contributed by atoms with Gasteiger partial charge in [-0.25, -0.2) is 0 Å². The highest BCUT2D eigenvalue weighted by molar-refractivity contribution is 6.50. The molecule has 12 heavy (non-hydrogen) atoms. The highest BCUT2D eigenvalue weighted by Crippen LogP contribution is 1.98. The van der Waals surface area contributed by atoms with Gasteiger partial charge in [0, 0.05) is 13.2 Å². The van der Waals surface area contributed by atoms with Gasteiger partial charge in [0.1, 0.15) is 0 Å². The van der Waals surface area contributed by atoms with Crippen molar-refractivity contribution < 1.29 is 8.85 Å². The van der Waals surface area contributed by atoms with E-state index in [1.807, 2.05) is 13.8 Å². The topological polar surface area (TPSA) is 18.5 Å². The predicted molar refractivity (Wildman–Crippen MR) is 54.4 cm³/mol. The first-order chi connectivity index (χ1) is 5.70. The first kappa shape index (κ1) is 11.9. The Hall–Kier alpha value is -0.123. The molecular weight excluding hydrogens is 168 g/mol. The second-order valence-electron chi connectivity index (χ2n) is 2.91. The summed E-state index contributed by atoms with van der Waals surface area (Å²) in [6, 6.07) is 0. The third-order valence-electron chi connectivity index (χ3n) is 1.32. The van der Waals surface area contributed by atoms with Crippen molar-refractivity contribution >= 4 is 9.28 Å². The molecule has 0 aliphatic heterocycles. The average Bonchev–Trinajstić information content (AvgIpc) is 2.01. The van der Waals surface area contributed by atoms with Crippen LogP contribution in [0.4, 0.5) is 0 Å². The SMILES string of the molecule is CCO[SiH](C=CC(C)C)OCC. The van der Waals surface area contributed by atoms with E-state index in [1.165, 1.54) is 0 Å². The molecule has 0 N–H and O–H groups in total. The third kappa shape index (κ3) is 6.58. The fraction of sp³-hybridized carbons (Fsp3) is 0.778. The fourth-order valence-electron chi connectivity index (χ4n) is 0.801. The van der Waals surface area contributed by atoms with Crippen molar-refractivity contribution in [2.24, 2.45) is 5.92 Å². The lowest BCUT2D eigenvalue weighted by Crippen LogP contribution is -2.20. The number of allylic oxidation sites excluding steroid dienone is 1. The van der Waals surface area contributed by atoms with E-state index >= 15 is 0 Å². The predicted octanol–water partition coefficient (Wildman–Crippen LogP) is 2.03. The summed E-state index contributed by atoms with van der Waals surface area (Å²) in [5.41, 5.74) is 2.11. The van der Waals surface area contributed by atoms with Gasteiger partial charge in [-0.3, -0.25) is 0 Å². The van der Waals surface area contributed by atoms with Crippen LogP contribution >= 0.6 is 0 Å². The van der Waals surface area contributed by atoms with E-state index < -0.39 is 9.28 Å². The van der Waals surface area contributed by atoms with Gasteiger partial charge in [0.05, 0.1) is 0 Å². The molecule has 0 aromatic rings. The maximum absolute atomic E-state index is 5.46. The molecule has 0 aromatic heterocycles. The van der Waals surface area contributed by atoms with Crippen molar-refractivity contribution in [3.8, 4) is 0 Å². The standard InChI is InChI=1S/C9H20O2Si/c1-5-10-12(11-6-2)8-7-9(3)4/h7-9,12H,5-6H2,1-4H3. The van der Waals surface area contributed by atoms with Crippen LogP contribution in [0.25, 0.3) is 0 Å². The molecule has 0 saturated carbocycles. The van der Waals surface area contributed by atoms with E-state index in [1.54, 1.807) is 0 Å². The lowest BCUT2D eigenvalue weighted by molar-refractivity contribution is 0.224. The Morgan fingerprint density at radius 2 is 1.67 bits per heavy atom. The second kappa shape index (κ2) is 7.52. The molecule has 0 saturated heterocycles. The van der Waals surface area contributed by atoms with E-state index in [-0.39, 0.29) is 0 Å². The average molecular weight is 188 g/mol. The molecule has 0 bridgehead atoms. The number of hydrogen-bond donors (Lipinski definition) is 0. The Balaban J connectivity index is 3.76. The first-order valence-corrected chi connectivity index (χ1v) is 6.23. The van der Waals surface area contributed by atoms with Gasteiger partial charge < -0.3 is 8.85 Å². The zero-order chi connectivity index (χ0) is 9.40. The monoisotopic (exact) mass is 188 g/mol. The van der Waals surface area contributed by atoms with Crippen molar-refractivity contribution in [3.63, 3.8) is 0 Å². The van der Waals surface area contributed by atoms with Crippen LogP contribution in [0.1, 0.15) is 27.7 Å². The Bertz CT molecular complexity index is 118. The lowest BCUT2D eigenvalue weighted by atomic mass is 10.2. The van der Waals surface area contributed by atoms with E-state index in [4.69, 9.17) is 8.85 Å². The molecule has 0 spiro atoms. The molecule has 2 nitrogen and oxygen atoms in total.